The van der Waals surface area contributed by atoms with E-state index in [1.807, 2.05) is 26.0 Å². The Bertz CT molecular complexity index is 694. The first-order valence-corrected chi connectivity index (χ1v) is 7.77. The van der Waals surface area contributed by atoms with Crippen LogP contribution in [0.15, 0.2) is 35.4 Å². The molecule has 124 valence electrons. The zero-order valence-electron chi connectivity index (χ0n) is 13.6. The Kier molecular flexibility index (Phi) is 5.90. The molecule has 0 saturated heterocycles. The first kappa shape index (κ1) is 17.2. The largest absolute Gasteiger partial charge is 0.503 e. The number of nitrogens with zero attached hydrogens (tertiary/aromatic N) is 3. The number of pyridine rings is 2. The van der Waals surface area contributed by atoms with Gasteiger partial charge in [0.25, 0.3) is 0 Å². The maximum Gasteiger partial charge on any atom is 0.223 e. The number of aromatic hydroxyl groups is 1. The summed E-state index contributed by atoms with van der Waals surface area (Å²) < 4.78 is 1.80. The molecule has 2 aromatic rings. The molecular weight excluding hydrogens is 294 g/mol. The summed E-state index contributed by atoms with van der Waals surface area (Å²) in [4.78, 5) is 18.2. The summed E-state index contributed by atoms with van der Waals surface area (Å²) in [6, 6.07) is 5.04. The lowest BCUT2D eigenvalue weighted by atomic mass is 10.2. The van der Waals surface area contributed by atoms with Crippen LogP contribution in [0.4, 0.5) is 0 Å². The van der Waals surface area contributed by atoms with Crippen LogP contribution in [0.1, 0.15) is 30.8 Å². The van der Waals surface area contributed by atoms with E-state index in [2.05, 4.69) is 9.88 Å². The van der Waals surface area contributed by atoms with Gasteiger partial charge in [-0.15, -0.1) is 0 Å². The molecule has 2 N–H and O–H groups in total. The number of rotatable bonds is 7. The van der Waals surface area contributed by atoms with Crippen LogP contribution in [-0.2, 0) is 19.7 Å². The van der Waals surface area contributed by atoms with Crippen LogP contribution in [0.3, 0.4) is 0 Å². The number of hydrogen-bond donors (Lipinski definition) is 2. The monoisotopic (exact) mass is 317 g/mol. The van der Waals surface area contributed by atoms with Crippen molar-refractivity contribution in [2.45, 2.75) is 33.5 Å². The fourth-order valence-corrected chi connectivity index (χ4v) is 2.56. The van der Waals surface area contributed by atoms with Gasteiger partial charge < -0.3 is 14.8 Å². The van der Waals surface area contributed by atoms with E-state index in [4.69, 9.17) is 0 Å². The maximum absolute atomic E-state index is 12.0. The van der Waals surface area contributed by atoms with Crippen LogP contribution >= 0.6 is 0 Å². The van der Waals surface area contributed by atoms with Crippen molar-refractivity contribution in [2.24, 2.45) is 0 Å². The zero-order chi connectivity index (χ0) is 16.8. The fraction of sp³-hybridized carbons (Fsp3) is 0.412. The number of aliphatic hydroxyl groups excluding tert-OH is 1. The van der Waals surface area contributed by atoms with Gasteiger partial charge in [-0.3, -0.25) is 14.7 Å². The number of hydrogen-bond acceptors (Lipinski definition) is 5. The van der Waals surface area contributed by atoms with Crippen LogP contribution in [0, 0.1) is 0 Å². The van der Waals surface area contributed by atoms with Crippen LogP contribution in [-0.4, -0.2) is 37.8 Å². The van der Waals surface area contributed by atoms with Gasteiger partial charge >= 0.3 is 0 Å². The predicted molar refractivity (Wildman–Crippen MR) is 88.3 cm³/mol. The Morgan fingerprint density at radius 1 is 1.30 bits per heavy atom. The lowest BCUT2D eigenvalue weighted by Gasteiger charge is -2.24. The van der Waals surface area contributed by atoms with Crippen molar-refractivity contribution in [3.63, 3.8) is 0 Å². The summed E-state index contributed by atoms with van der Waals surface area (Å²) in [6.45, 7) is 6.29. The van der Waals surface area contributed by atoms with Crippen molar-refractivity contribution in [3.8, 4) is 5.75 Å². The number of aromatic nitrogens is 2. The van der Waals surface area contributed by atoms with E-state index in [0.29, 0.717) is 24.5 Å². The van der Waals surface area contributed by atoms with Crippen molar-refractivity contribution >= 4 is 0 Å². The summed E-state index contributed by atoms with van der Waals surface area (Å²) in [7, 11) is 0. The standard InChI is InChI=1S/C17H23N3O3/c1-3-19(4-2)11-15-17(23)16(22)8-14(12-21)20(15)10-13-6-5-7-18-9-13/h5-9,21,23H,3-4,10-12H2,1-2H3. The lowest BCUT2D eigenvalue weighted by molar-refractivity contribution is 0.257. The van der Waals surface area contributed by atoms with Gasteiger partial charge in [-0.1, -0.05) is 19.9 Å². The van der Waals surface area contributed by atoms with Gasteiger partial charge in [0.1, 0.15) is 0 Å². The fourth-order valence-electron chi connectivity index (χ4n) is 2.56. The van der Waals surface area contributed by atoms with Crippen molar-refractivity contribution in [2.75, 3.05) is 13.1 Å². The van der Waals surface area contributed by atoms with Crippen molar-refractivity contribution < 1.29 is 10.2 Å². The molecule has 0 aliphatic heterocycles. The van der Waals surface area contributed by atoms with E-state index < -0.39 is 5.43 Å². The summed E-state index contributed by atoms with van der Waals surface area (Å²) >= 11 is 0. The third-order valence-electron chi connectivity index (χ3n) is 3.97. The minimum absolute atomic E-state index is 0.252. The average Bonchev–Trinajstić information content (AvgIpc) is 2.58. The molecule has 0 atom stereocenters. The van der Waals surface area contributed by atoms with Gasteiger partial charge in [0.05, 0.1) is 12.3 Å². The quantitative estimate of drug-likeness (QED) is 0.805. The second-order valence-electron chi connectivity index (χ2n) is 5.36. The summed E-state index contributed by atoms with van der Waals surface area (Å²) in [5.41, 5.74) is 1.48. The molecule has 0 saturated carbocycles. The molecule has 2 aromatic heterocycles. The van der Waals surface area contributed by atoms with Gasteiger partial charge in [0, 0.05) is 37.2 Å². The van der Waals surface area contributed by atoms with Crippen LogP contribution in [0.2, 0.25) is 0 Å². The van der Waals surface area contributed by atoms with Crippen molar-refractivity contribution in [3.05, 3.63) is 57.8 Å². The van der Waals surface area contributed by atoms with Crippen LogP contribution in [0.25, 0.3) is 0 Å². The highest BCUT2D eigenvalue weighted by atomic mass is 16.3. The molecule has 0 aliphatic carbocycles. The summed E-state index contributed by atoms with van der Waals surface area (Å²) in [5, 5.41) is 19.9. The average molecular weight is 317 g/mol. The summed E-state index contributed by atoms with van der Waals surface area (Å²) in [5.74, 6) is -0.252. The molecule has 0 amide bonds. The molecule has 0 fully saturated rings. The van der Waals surface area contributed by atoms with Gasteiger partial charge in [-0.25, -0.2) is 0 Å². The Balaban J connectivity index is 2.52. The predicted octanol–water partition coefficient (Wildman–Crippen LogP) is 1.33. The molecule has 2 heterocycles. The van der Waals surface area contributed by atoms with Crippen molar-refractivity contribution in [1.29, 1.82) is 0 Å². The zero-order valence-corrected chi connectivity index (χ0v) is 13.6. The molecular formula is C17H23N3O3. The SMILES string of the molecule is CCN(CC)Cc1c(O)c(=O)cc(CO)n1Cc1cccnc1. The maximum atomic E-state index is 12.0. The first-order chi connectivity index (χ1) is 11.1. The Labute approximate surface area is 135 Å². The molecule has 0 aromatic carbocycles. The van der Waals surface area contributed by atoms with E-state index in [1.165, 1.54) is 6.07 Å². The van der Waals surface area contributed by atoms with Gasteiger partial charge in [-0.05, 0) is 24.7 Å². The molecule has 0 radical (unpaired) electrons. The topological polar surface area (TPSA) is 78.6 Å². The minimum atomic E-state index is -0.460. The van der Waals surface area contributed by atoms with E-state index in [-0.39, 0.29) is 12.4 Å². The molecule has 2 rings (SSSR count). The Morgan fingerprint density at radius 3 is 2.61 bits per heavy atom. The van der Waals surface area contributed by atoms with Crippen LogP contribution < -0.4 is 5.43 Å². The van der Waals surface area contributed by atoms with E-state index in [0.717, 1.165) is 18.7 Å². The second kappa shape index (κ2) is 7.89. The second-order valence-corrected chi connectivity index (χ2v) is 5.36. The molecule has 6 nitrogen and oxygen atoms in total. The van der Waals surface area contributed by atoms with E-state index in [9.17, 15) is 15.0 Å². The first-order valence-electron chi connectivity index (χ1n) is 7.77. The highest BCUT2D eigenvalue weighted by Gasteiger charge is 2.17. The lowest BCUT2D eigenvalue weighted by Crippen LogP contribution is -2.27. The van der Waals surface area contributed by atoms with Crippen molar-refractivity contribution in [1.82, 2.24) is 14.5 Å². The highest BCUT2D eigenvalue weighted by Crippen LogP contribution is 2.19. The summed E-state index contributed by atoms with van der Waals surface area (Å²) in [6.07, 6.45) is 3.42. The molecule has 6 heteroatoms. The molecule has 0 bridgehead atoms. The molecule has 0 spiro atoms. The highest BCUT2D eigenvalue weighted by molar-refractivity contribution is 5.31. The third-order valence-corrected chi connectivity index (χ3v) is 3.97. The molecule has 23 heavy (non-hydrogen) atoms. The molecule has 0 aliphatic rings. The van der Waals surface area contributed by atoms with Crippen LogP contribution in [0.5, 0.6) is 5.75 Å². The number of aliphatic hydroxyl groups is 1. The van der Waals surface area contributed by atoms with E-state index >= 15 is 0 Å². The van der Waals surface area contributed by atoms with E-state index in [1.54, 1.807) is 17.0 Å². The van der Waals surface area contributed by atoms with Gasteiger partial charge in [0.2, 0.25) is 5.43 Å². The Hall–Kier alpha value is -2.18. The van der Waals surface area contributed by atoms with Gasteiger partial charge in [-0.2, -0.15) is 0 Å². The Morgan fingerprint density at radius 2 is 2.04 bits per heavy atom. The minimum Gasteiger partial charge on any atom is -0.503 e. The smallest absolute Gasteiger partial charge is 0.223 e. The third kappa shape index (κ3) is 3.97. The van der Waals surface area contributed by atoms with Gasteiger partial charge in [0.15, 0.2) is 5.75 Å². The molecule has 0 unspecified atom stereocenters. The normalized spacial score (nSPS) is 11.1.